The van der Waals surface area contributed by atoms with E-state index in [-0.39, 0.29) is 16.6 Å². The van der Waals surface area contributed by atoms with Crippen molar-refractivity contribution in [2.45, 2.75) is 31.2 Å². The van der Waals surface area contributed by atoms with E-state index in [9.17, 15) is 18.4 Å². The van der Waals surface area contributed by atoms with Gasteiger partial charge in [-0.1, -0.05) is 13.8 Å². The van der Waals surface area contributed by atoms with Crippen LogP contribution in [0.4, 0.5) is 8.78 Å². The van der Waals surface area contributed by atoms with Gasteiger partial charge in [0.05, 0.1) is 5.75 Å². The van der Waals surface area contributed by atoms with Crippen molar-refractivity contribution in [3.63, 3.8) is 0 Å². The number of carboxylic acids is 1. The first kappa shape index (κ1) is 17.4. The molecule has 1 aromatic carbocycles. The molecule has 7 heteroatoms. The van der Waals surface area contributed by atoms with Crippen molar-refractivity contribution in [1.82, 2.24) is 5.32 Å². The van der Waals surface area contributed by atoms with Gasteiger partial charge in [-0.05, 0) is 24.5 Å². The summed E-state index contributed by atoms with van der Waals surface area (Å²) in [5.41, 5.74) is 0. The molecule has 1 atom stereocenters. The number of carboxylic acid groups (broad SMARTS) is 1. The summed E-state index contributed by atoms with van der Waals surface area (Å²) in [5, 5.41) is 11.4. The molecule has 0 radical (unpaired) electrons. The Labute approximate surface area is 125 Å². The van der Waals surface area contributed by atoms with E-state index in [4.69, 9.17) is 5.11 Å². The lowest BCUT2D eigenvalue weighted by Crippen LogP contribution is -2.42. The normalized spacial score (nSPS) is 12.2. The number of carbonyl (C=O) groups excluding carboxylic acids is 1. The molecular formula is C14H17F2NO3S. The highest BCUT2D eigenvalue weighted by Gasteiger charge is 2.21. The first-order valence-electron chi connectivity index (χ1n) is 6.39. The summed E-state index contributed by atoms with van der Waals surface area (Å²) in [4.78, 5) is 22.9. The van der Waals surface area contributed by atoms with Crippen LogP contribution in [0, 0.1) is 17.6 Å². The molecule has 0 aromatic heterocycles. The van der Waals surface area contributed by atoms with Crippen molar-refractivity contribution in [2.24, 2.45) is 5.92 Å². The monoisotopic (exact) mass is 317 g/mol. The molecule has 1 rings (SSSR count). The number of aliphatic carboxylic acids is 1. The average molecular weight is 317 g/mol. The van der Waals surface area contributed by atoms with Gasteiger partial charge in [0, 0.05) is 11.0 Å². The lowest BCUT2D eigenvalue weighted by atomic mass is 10.0. The van der Waals surface area contributed by atoms with Crippen LogP contribution in [0.1, 0.15) is 20.3 Å². The molecule has 1 amide bonds. The zero-order chi connectivity index (χ0) is 16.0. The van der Waals surface area contributed by atoms with Crippen molar-refractivity contribution in [1.29, 1.82) is 0 Å². The fraction of sp³-hybridized carbons (Fsp3) is 0.429. The van der Waals surface area contributed by atoms with Crippen LogP contribution in [0.15, 0.2) is 23.1 Å². The van der Waals surface area contributed by atoms with Gasteiger partial charge in [-0.3, -0.25) is 4.79 Å². The zero-order valence-corrected chi connectivity index (χ0v) is 12.5. The van der Waals surface area contributed by atoms with E-state index in [0.29, 0.717) is 6.42 Å². The topological polar surface area (TPSA) is 66.4 Å². The molecule has 0 bridgehead atoms. The molecule has 0 aliphatic heterocycles. The molecule has 0 aliphatic carbocycles. The van der Waals surface area contributed by atoms with Gasteiger partial charge in [0.15, 0.2) is 0 Å². The molecule has 0 saturated heterocycles. The highest BCUT2D eigenvalue weighted by atomic mass is 32.2. The Morgan fingerprint density at radius 1 is 1.33 bits per heavy atom. The molecule has 2 N–H and O–H groups in total. The summed E-state index contributed by atoms with van der Waals surface area (Å²) < 4.78 is 26.1. The molecule has 1 unspecified atom stereocenters. The van der Waals surface area contributed by atoms with Gasteiger partial charge < -0.3 is 10.4 Å². The highest BCUT2D eigenvalue weighted by molar-refractivity contribution is 8.00. The van der Waals surface area contributed by atoms with E-state index in [1.165, 1.54) is 6.07 Å². The third-order valence-electron chi connectivity index (χ3n) is 2.59. The van der Waals surface area contributed by atoms with Crippen LogP contribution in [-0.2, 0) is 9.59 Å². The van der Waals surface area contributed by atoms with Crippen molar-refractivity contribution >= 4 is 23.6 Å². The van der Waals surface area contributed by atoms with Gasteiger partial charge in [0.1, 0.15) is 17.7 Å². The van der Waals surface area contributed by atoms with Gasteiger partial charge in [0.2, 0.25) is 5.91 Å². The maximum atomic E-state index is 13.4. The third-order valence-corrected chi connectivity index (χ3v) is 3.64. The Bertz CT molecular complexity index is 523. The van der Waals surface area contributed by atoms with Gasteiger partial charge in [-0.25, -0.2) is 13.6 Å². The van der Waals surface area contributed by atoms with Crippen LogP contribution in [0.25, 0.3) is 0 Å². The largest absolute Gasteiger partial charge is 0.480 e. The Kier molecular flexibility index (Phi) is 6.61. The summed E-state index contributed by atoms with van der Waals surface area (Å²) in [6.45, 7) is 3.70. The molecule has 0 aliphatic rings. The predicted molar refractivity (Wildman–Crippen MR) is 76.1 cm³/mol. The third kappa shape index (κ3) is 6.12. The van der Waals surface area contributed by atoms with Gasteiger partial charge >= 0.3 is 5.97 Å². The summed E-state index contributed by atoms with van der Waals surface area (Å²) >= 11 is 0.890. The molecule has 1 aromatic rings. The molecule has 4 nitrogen and oxygen atoms in total. The molecule has 0 spiro atoms. The van der Waals surface area contributed by atoms with E-state index in [2.05, 4.69) is 5.32 Å². The Hall–Kier alpha value is -1.63. The first-order chi connectivity index (χ1) is 9.79. The standard InChI is InChI=1S/C14H17F2NO3S/c1-8(2)5-11(14(19)20)17-13(18)7-21-12-4-3-9(15)6-10(12)16/h3-4,6,8,11H,5,7H2,1-2H3,(H,17,18)(H,19,20). The van der Waals surface area contributed by atoms with Crippen molar-refractivity contribution in [3.8, 4) is 0 Å². The quantitative estimate of drug-likeness (QED) is 0.759. The van der Waals surface area contributed by atoms with E-state index < -0.39 is 29.6 Å². The summed E-state index contributed by atoms with van der Waals surface area (Å²) in [6.07, 6.45) is 0.316. The fourth-order valence-corrected chi connectivity index (χ4v) is 2.40. The SMILES string of the molecule is CC(C)CC(NC(=O)CSc1ccc(F)cc1F)C(=O)O. The lowest BCUT2D eigenvalue weighted by Gasteiger charge is -2.16. The highest BCUT2D eigenvalue weighted by Crippen LogP contribution is 2.22. The van der Waals surface area contributed by atoms with Crippen molar-refractivity contribution < 1.29 is 23.5 Å². The van der Waals surface area contributed by atoms with Crippen LogP contribution in [0.5, 0.6) is 0 Å². The summed E-state index contributed by atoms with van der Waals surface area (Å²) in [6, 6.07) is 2.11. The van der Waals surface area contributed by atoms with E-state index in [1.807, 2.05) is 13.8 Å². The van der Waals surface area contributed by atoms with Crippen molar-refractivity contribution in [2.75, 3.05) is 5.75 Å². The van der Waals surface area contributed by atoms with Gasteiger partial charge in [-0.2, -0.15) is 0 Å². The molecule has 0 heterocycles. The minimum absolute atomic E-state index is 0.119. The minimum Gasteiger partial charge on any atom is -0.480 e. The maximum absolute atomic E-state index is 13.4. The van der Waals surface area contributed by atoms with E-state index >= 15 is 0 Å². The zero-order valence-electron chi connectivity index (χ0n) is 11.7. The van der Waals surface area contributed by atoms with Crippen LogP contribution in [0.3, 0.4) is 0 Å². The lowest BCUT2D eigenvalue weighted by molar-refractivity contribution is -0.141. The Morgan fingerprint density at radius 3 is 2.52 bits per heavy atom. The second-order valence-electron chi connectivity index (χ2n) is 4.95. The van der Waals surface area contributed by atoms with E-state index in [0.717, 1.165) is 23.9 Å². The minimum atomic E-state index is -1.10. The summed E-state index contributed by atoms with van der Waals surface area (Å²) in [7, 11) is 0. The Morgan fingerprint density at radius 2 is 2.00 bits per heavy atom. The number of benzene rings is 1. The van der Waals surface area contributed by atoms with Gasteiger partial charge in [0.25, 0.3) is 0 Å². The predicted octanol–water partition coefficient (Wildman–Crippen LogP) is 2.67. The van der Waals surface area contributed by atoms with Crippen molar-refractivity contribution in [3.05, 3.63) is 29.8 Å². The number of amides is 1. The number of halogens is 2. The molecule has 0 fully saturated rings. The number of thioether (sulfide) groups is 1. The van der Waals surface area contributed by atoms with E-state index in [1.54, 1.807) is 0 Å². The average Bonchev–Trinajstić information content (AvgIpc) is 2.36. The molecule has 21 heavy (non-hydrogen) atoms. The second kappa shape index (κ2) is 7.97. The maximum Gasteiger partial charge on any atom is 0.326 e. The number of carbonyl (C=O) groups is 2. The number of nitrogens with one attached hydrogen (secondary N) is 1. The number of hydrogen-bond donors (Lipinski definition) is 2. The van der Waals surface area contributed by atoms with Crippen LogP contribution in [0.2, 0.25) is 0 Å². The smallest absolute Gasteiger partial charge is 0.326 e. The second-order valence-corrected chi connectivity index (χ2v) is 5.97. The fourth-order valence-electron chi connectivity index (χ4n) is 1.66. The van der Waals surface area contributed by atoms with Gasteiger partial charge in [-0.15, -0.1) is 11.8 Å². The Balaban J connectivity index is 2.54. The number of hydrogen-bond acceptors (Lipinski definition) is 3. The molecule has 116 valence electrons. The summed E-state index contributed by atoms with van der Waals surface area (Å²) in [5.74, 6) is -3.06. The van der Waals surface area contributed by atoms with Crippen LogP contribution < -0.4 is 5.32 Å². The molecule has 0 saturated carbocycles. The number of rotatable bonds is 7. The first-order valence-corrected chi connectivity index (χ1v) is 7.38. The van der Waals surface area contributed by atoms with Crippen LogP contribution in [-0.4, -0.2) is 28.8 Å². The van der Waals surface area contributed by atoms with Crippen LogP contribution >= 0.6 is 11.8 Å². The molecular weight excluding hydrogens is 300 g/mol.